The fraction of sp³-hybridized carbons (Fsp3) is 0.385. The number of nitrogens with one attached hydrogen (secondary N) is 1. The van der Waals surface area contributed by atoms with Gasteiger partial charge in [0, 0.05) is 11.6 Å². The van der Waals surface area contributed by atoms with Crippen LogP contribution in [0.25, 0.3) is 0 Å². The van der Waals surface area contributed by atoms with Gasteiger partial charge in [-0.1, -0.05) is 11.6 Å². The molecule has 0 unspecified atom stereocenters. The number of methoxy groups -OCH3 is 1. The third-order valence-electron chi connectivity index (χ3n) is 2.58. The van der Waals surface area contributed by atoms with Gasteiger partial charge in [-0.2, -0.15) is 0 Å². The number of halogens is 2. The third kappa shape index (κ3) is 3.85. The molecule has 0 aliphatic heterocycles. The highest BCUT2D eigenvalue weighted by atomic mass is 35.5. The Bertz CT molecular complexity index is 501. The molecule has 0 bridgehead atoms. The van der Waals surface area contributed by atoms with Crippen LogP contribution in [-0.4, -0.2) is 24.9 Å². The first-order valence-electron chi connectivity index (χ1n) is 5.57. The highest BCUT2D eigenvalue weighted by Gasteiger charge is 2.26. The van der Waals surface area contributed by atoms with E-state index in [9.17, 15) is 9.59 Å². The summed E-state index contributed by atoms with van der Waals surface area (Å²) in [6.07, 6.45) is 0. The largest absolute Gasteiger partial charge is 0.465 e. The summed E-state index contributed by atoms with van der Waals surface area (Å²) in [4.78, 5) is 23.4. The molecule has 104 valence electrons. The lowest BCUT2D eigenvalue weighted by Gasteiger charge is -2.20. The van der Waals surface area contributed by atoms with E-state index in [0.717, 1.165) is 0 Å². The zero-order chi connectivity index (χ0) is 14.6. The summed E-state index contributed by atoms with van der Waals surface area (Å²) in [7, 11) is 1.26. The van der Waals surface area contributed by atoms with Gasteiger partial charge in [-0.15, -0.1) is 11.6 Å². The van der Waals surface area contributed by atoms with Crippen LogP contribution >= 0.6 is 23.2 Å². The Hall–Kier alpha value is -1.26. The first kappa shape index (κ1) is 15.8. The van der Waals surface area contributed by atoms with E-state index in [2.05, 4.69) is 10.1 Å². The Morgan fingerprint density at radius 3 is 2.53 bits per heavy atom. The van der Waals surface area contributed by atoms with Crippen molar-refractivity contribution in [3.8, 4) is 0 Å². The molecule has 0 saturated heterocycles. The predicted octanol–water partition coefficient (Wildman–Crippen LogP) is 3.33. The molecule has 0 saturated carbocycles. The van der Waals surface area contributed by atoms with Gasteiger partial charge in [-0.3, -0.25) is 4.79 Å². The van der Waals surface area contributed by atoms with E-state index in [4.69, 9.17) is 23.2 Å². The van der Waals surface area contributed by atoms with Gasteiger partial charge < -0.3 is 10.1 Å². The molecule has 1 rings (SSSR count). The van der Waals surface area contributed by atoms with Gasteiger partial charge in [0.2, 0.25) is 5.91 Å². The Kier molecular flexibility index (Phi) is 5.20. The molecule has 1 N–H and O–H groups in total. The van der Waals surface area contributed by atoms with Crippen LogP contribution < -0.4 is 5.32 Å². The molecule has 0 aromatic heterocycles. The fourth-order valence-corrected chi connectivity index (χ4v) is 1.55. The number of benzene rings is 1. The quantitative estimate of drug-likeness (QED) is 0.685. The van der Waals surface area contributed by atoms with Gasteiger partial charge in [-0.05, 0) is 32.0 Å². The summed E-state index contributed by atoms with van der Waals surface area (Å²) < 4.78 is 4.61. The average Bonchev–Trinajstić information content (AvgIpc) is 2.39. The zero-order valence-electron chi connectivity index (χ0n) is 10.9. The number of alkyl halides is 1. The lowest BCUT2D eigenvalue weighted by molar-refractivity contribution is -0.122. The monoisotopic (exact) mass is 303 g/mol. The van der Waals surface area contributed by atoms with Crippen molar-refractivity contribution in [1.29, 1.82) is 0 Å². The van der Waals surface area contributed by atoms with Crippen molar-refractivity contribution in [2.24, 2.45) is 5.41 Å². The second-order valence-electron chi connectivity index (χ2n) is 4.66. The topological polar surface area (TPSA) is 55.4 Å². The lowest BCUT2D eigenvalue weighted by atomic mass is 9.95. The summed E-state index contributed by atoms with van der Waals surface area (Å²) in [5.41, 5.74) is -0.0364. The number of rotatable bonds is 4. The van der Waals surface area contributed by atoms with E-state index in [1.54, 1.807) is 19.9 Å². The van der Waals surface area contributed by atoms with E-state index >= 15 is 0 Å². The number of hydrogen-bond acceptors (Lipinski definition) is 3. The molecule has 0 aliphatic rings. The van der Waals surface area contributed by atoms with Crippen molar-refractivity contribution >= 4 is 40.8 Å². The van der Waals surface area contributed by atoms with Gasteiger partial charge in [0.25, 0.3) is 0 Å². The molecule has 1 aromatic carbocycles. The van der Waals surface area contributed by atoms with Gasteiger partial charge in [0.1, 0.15) is 0 Å². The summed E-state index contributed by atoms with van der Waals surface area (Å²) >= 11 is 11.6. The molecule has 0 radical (unpaired) electrons. The zero-order valence-corrected chi connectivity index (χ0v) is 12.4. The second-order valence-corrected chi connectivity index (χ2v) is 5.33. The van der Waals surface area contributed by atoms with Crippen LogP contribution in [0.3, 0.4) is 0 Å². The minimum Gasteiger partial charge on any atom is -0.465 e. The molecule has 0 atom stereocenters. The van der Waals surface area contributed by atoms with Crippen molar-refractivity contribution in [3.63, 3.8) is 0 Å². The standard InChI is InChI=1S/C13H15Cl2NO3/c1-13(2,7-14)12(18)16-8-4-5-10(15)9(6-8)11(17)19-3/h4-6H,7H2,1-3H3,(H,16,18). The number of esters is 1. The molecule has 0 heterocycles. The van der Waals surface area contributed by atoms with E-state index in [1.807, 2.05) is 0 Å². The number of carbonyl (C=O) groups excluding carboxylic acids is 2. The molecule has 0 fully saturated rings. The minimum absolute atomic E-state index is 0.191. The summed E-state index contributed by atoms with van der Waals surface area (Å²) in [6, 6.07) is 4.60. The van der Waals surface area contributed by atoms with Crippen LogP contribution in [0, 0.1) is 5.41 Å². The average molecular weight is 304 g/mol. The van der Waals surface area contributed by atoms with Gasteiger partial charge in [0.15, 0.2) is 0 Å². The fourth-order valence-electron chi connectivity index (χ4n) is 1.23. The first-order valence-corrected chi connectivity index (χ1v) is 6.48. The number of ether oxygens (including phenoxy) is 1. The SMILES string of the molecule is COC(=O)c1cc(NC(=O)C(C)(C)CCl)ccc1Cl. The van der Waals surface area contributed by atoms with Crippen molar-refractivity contribution in [1.82, 2.24) is 0 Å². The molecule has 1 amide bonds. The van der Waals surface area contributed by atoms with Crippen LogP contribution in [0.5, 0.6) is 0 Å². The number of hydrogen-bond donors (Lipinski definition) is 1. The van der Waals surface area contributed by atoms with E-state index in [0.29, 0.717) is 5.69 Å². The summed E-state index contributed by atoms with van der Waals surface area (Å²) in [5, 5.41) is 2.96. The van der Waals surface area contributed by atoms with E-state index in [-0.39, 0.29) is 22.4 Å². The van der Waals surface area contributed by atoms with Gasteiger partial charge >= 0.3 is 5.97 Å². The maximum absolute atomic E-state index is 12.0. The Balaban J connectivity index is 2.98. The van der Waals surface area contributed by atoms with Crippen LogP contribution in [-0.2, 0) is 9.53 Å². The summed E-state index contributed by atoms with van der Waals surface area (Å²) in [6.45, 7) is 3.46. The predicted molar refractivity (Wildman–Crippen MR) is 75.9 cm³/mol. The molecule has 0 spiro atoms. The molecule has 19 heavy (non-hydrogen) atoms. The van der Waals surface area contributed by atoms with E-state index < -0.39 is 11.4 Å². The van der Waals surface area contributed by atoms with Crippen molar-refractivity contribution in [2.75, 3.05) is 18.3 Å². The normalized spacial score (nSPS) is 11.0. The molecular weight excluding hydrogens is 289 g/mol. The summed E-state index contributed by atoms with van der Waals surface area (Å²) in [5.74, 6) is -0.602. The molecular formula is C13H15Cl2NO3. The Morgan fingerprint density at radius 1 is 1.37 bits per heavy atom. The van der Waals surface area contributed by atoms with Crippen LogP contribution in [0.2, 0.25) is 5.02 Å². The molecule has 4 nitrogen and oxygen atoms in total. The molecule has 6 heteroatoms. The second kappa shape index (κ2) is 6.26. The maximum Gasteiger partial charge on any atom is 0.339 e. The minimum atomic E-state index is -0.702. The highest BCUT2D eigenvalue weighted by molar-refractivity contribution is 6.33. The van der Waals surface area contributed by atoms with Crippen LogP contribution in [0.15, 0.2) is 18.2 Å². The first-order chi connectivity index (χ1) is 8.81. The number of anilines is 1. The maximum atomic E-state index is 12.0. The lowest BCUT2D eigenvalue weighted by Crippen LogP contribution is -2.32. The van der Waals surface area contributed by atoms with Gasteiger partial charge in [0.05, 0.1) is 23.1 Å². The molecule has 0 aliphatic carbocycles. The Labute approximate surface area is 122 Å². The van der Waals surface area contributed by atoms with Crippen molar-refractivity contribution in [2.45, 2.75) is 13.8 Å². The molecule has 1 aromatic rings. The highest BCUT2D eigenvalue weighted by Crippen LogP contribution is 2.24. The number of carbonyl (C=O) groups is 2. The van der Waals surface area contributed by atoms with E-state index in [1.165, 1.54) is 19.2 Å². The Morgan fingerprint density at radius 2 is 2.00 bits per heavy atom. The third-order valence-corrected chi connectivity index (χ3v) is 3.58. The van der Waals surface area contributed by atoms with Crippen molar-refractivity contribution < 1.29 is 14.3 Å². The number of amides is 1. The van der Waals surface area contributed by atoms with Crippen LogP contribution in [0.4, 0.5) is 5.69 Å². The van der Waals surface area contributed by atoms with Gasteiger partial charge in [-0.25, -0.2) is 4.79 Å². The van der Waals surface area contributed by atoms with Crippen LogP contribution in [0.1, 0.15) is 24.2 Å². The smallest absolute Gasteiger partial charge is 0.339 e. The van der Waals surface area contributed by atoms with Crippen molar-refractivity contribution in [3.05, 3.63) is 28.8 Å².